The van der Waals surface area contributed by atoms with Gasteiger partial charge in [0.2, 0.25) is 11.8 Å². The zero-order valence-electron chi connectivity index (χ0n) is 19.8. The van der Waals surface area contributed by atoms with E-state index in [-0.39, 0.29) is 54.2 Å². The molecule has 2 heterocycles. The standard InChI is InChI=1S/C25H35N3O4/c1-16(2)9-10-19-11-21-23(26-12-19)32-22(14-27(5)24(30)20-7-6-8-20)17(3)13-28(25(21)31)18(4)15-29/h11-12,16-18,20,22,29H,6-8,13-15H2,1-5H3/t17-,18-,22+/m0/s1. The third-order valence-electron chi connectivity index (χ3n) is 6.31. The second-order valence-electron chi connectivity index (χ2n) is 9.47. The Balaban J connectivity index is 1.93. The molecular weight excluding hydrogens is 406 g/mol. The summed E-state index contributed by atoms with van der Waals surface area (Å²) in [7, 11) is 1.81. The van der Waals surface area contributed by atoms with Crippen LogP contribution in [-0.4, -0.2) is 70.6 Å². The van der Waals surface area contributed by atoms with Crippen molar-refractivity contribution in [3.05, 3.63) is 23.4 Å². The Kier molecular flexibility index (Phi) is 7.78. The minimum Gasteiger partial charge on any atom is -0.472 e. The van der Waals surface area contributed by atoms with E-state index < -0.39 is 0 Å². The molecule has 32 heavy (non-hydrogen) atoms. The zero-order chi connectivity index (χ0) is 23.4. The topological polar surface area (TPSA) is 83.0 Å². The molecular formula is C25H35N3O4. The van der Waals surface area contributed by atoms with Gasteiger partial charge in [0.15, 0.2) is 0 Å². The van der Waals surface area contributed by atoms with Crippen LogP contribution in [-0.2, 0) is 4.79 Å². The Morgan fingerprint density at radius 2 is 2.09 bits per heavy atom. The number of hydrogen-bond donors (Lipinski definition) is 1. The number of fused-ring (bicyclic) bond motifs is 1. The number of carbonyl (C=O) groups is 2. The first kappa shape index (κ1) is 24.1. The molecule has 0 radical (unpaired) electrons. The Bertz CT molecular complexity index is 900. The molecule has 1 N–H and O–H groups in total. The van der Waals surface area contributed by atoms with Crippen molar-refractivity contribution in [1.82, 2.24) is 14.8 Å². The first-order valence-corrected chi connectivity index (χ1v) is 11.6. The lowest BCUT2D eigenvalue weighted by Gasteiger charge is -2.38. The highest BCUT2D eigenvalue weighted by molar-refractivity contribution is 5.97. The second-order valence-corrected chi connectivity index (χ2v) is 9.47. The van der Waals surface area contributed by atoms with Crippen molar-refractivity contribution in [2.75, 3.05) is 26.7 Å². The van der Waals surface area contributed by atoms with Crippen LogP contribution in [0.15, 0.2) is 12.3 Å². The van der Waals surface area contributed by atoms with Crippen LogP contribution in [0.3, 0.4) is 0 Å². The van der Waals surface area contributed by atoms with Crippen molar-refractivity contribution in [1.29, 1.82) is 0 Å². The molecule has 0 saturated heterocycles. The van der Waals surface area contributed by atoms with E-state index in [1.165, 1.54) is 0 Å². The number of ether oxygens (including phenoxy) is 1. The highest BCUT2D eigenvalue weighted by atomic mass is 16.5. The van der Waals surface area contributed by atoms with E-state index in [4.69, 9.17) is 4.74 Å². The number of pyridine rings is 1. The number of aromatic nitrogens is 1. The van der Waals surface area contributed by atoms with Gasteiger partial charge in [0, 0.05) is 43.1 Å². The predicted octanol–water partition coefficient (Wildman–Crippen LogP) is 2.57. The van der Waals surface area contributed by atoms with Gasteiger partial charge >= 0.3 is 0 Å². The molecule has 174 valence electrons. The lowest BCUT2D eigenvalue weighted by molar-refractivity contribution is -0.138. The number of aliphatic hydroxyl groups excluding tert-OH is 1. The van der Waals surface area contributed by atoms with Gasteiger partial charge < -0.3 is 19.6 Å². The van der Waals surface area contributed by atoms with E-state index in [1.54, 1.807) is 22.1 Å². The van der Waals surface area contributed by atoms with Crippen LogP contribution in [0.5, 0.6) is 5.88 Å². The van der Waals surface area contributed by atoms with E-state index >= 15 is 0 Å². The number of hydrogen-bond acceptors (Lipinski definition) is 5. The molecule has 1 aromatic heterocycles. The van der Waals surface area contributed by atoms with E-state index in [2.05, 4.69) is 16.8 Å². The minimum absolute atomic E-state index is 0.0556. The number of rotatable bonds is 5. The summed E-state index contributed by atoms with van der Waals surface area (Å²) in [5.74, 6) is 6.58. The van der Waals surface area contributed by atoms with Crippen molar-refractivity contribution in [3.63, 3.8) is 0 Å². The SMILES string of the molecule is CC(C)C#Cc1cnc2c(c1)C(=O)N([C@@H](C)CO)C[C@H](C)[C@@H](CN(C)C(=O)C1CCC1)O2. The van der Waals surface area contributed by atoms with Gasteiger partial charge in [0.05, 0.1) is 19.2 Å². The van der Waals surface area contributed by atoms with E-state index in [1.807, 2.05) is 34.7 Å². The Morgan fingerprint density at radius 1 is 1.38 bits per heavy atom. The normalized spacial score (nSPS) is 22.0. The highest BCUT2D eigenvalue weighted by Gasteiger charge is 2.36. The number of amides is 2. The summed E-state index contributed by atoms with van der Waals surface area (Å²) in [6, 6.07) is 1.37. The summed E-state index contributed by atoms with van der Waals surface area (Å²) >= 11 is 0. The van der Waals surface area contributed by atoms with Crippen LogP contribution in [0.2, 0.25) is 0 Å². The van der Waals surface area contributed by atoms with Gasteiger partial charge in [-0.3, -0.25) is 9.59 Å². The van der Waals surface area contributed by atoms with Crippen LogP contribution in [0, 0.1) is 29.6 Å². The molecule has 1 aromatic rings. The molecule has 3 rings (SSSR count). The molecule has 0 bridgehead atoms. The summed E-state index contributed by atoms with van der Waals surface area (Å²) < 4.78 is 6.25. The molecule has 1 saturated carbocycles. The maximum atomic E-state index is 13.4. The maximum absolute atomic E-state index is 13.4. The van der Waals surface area contributed by atoms with Gasteiger partial charge in [0.1, 0.15) is 11.7 Å². The summed E-state index contributed by atoms with van der Waals surface area (Å²) in [5.41, 5.74) is 0.985. The molecule has 1 aliphatic carbocycles. The van der Waals surface area contributed by atoms with Gasteiger partial charge in [-0.15, -0.1) is 0 Å². The van der Waals surface area contributed by atoms with Gasteiger partial charge in [-0.25, -0.2) is 4.98 Å². The van der Waals surface area contributed by atoms with Gasteiger partial charge in [-0.05, 0) is 25.8 Å². The molecule has 2 amide bonds. The minimum atomic E-state index is -0.351. The Hall–Kier alpha value is -2.59. The Labute approximate surface area is 191 Å². The van der Waals surface area contributed by atoms with Crippen LogP contribution >= 0.6 is 0 Å². The third kappa shape index (κ3) is 5.42. The fourth-order valence-corrected chi connectivity index (χ4v) is 3.94. The predicted molar refractivity (Wildman–Crippen MR) is 122 cm³/mol. The molecule has 0 aromatic carbocycles. The van der Waals surface area contributed by atoms with Gasteiger partial charge in [-0.2, -0.15) is 0 Å². The van der Waals surface area contributed by atoms with Crippen molar-refractivity contribution in [2.45, 2.75) is 59.1 Å². The molecule has 0 spiro atoms. The first-order chi connectivity index (χ1) is 15.2. The monoisotopic (exact) mass is 441 g/mol. The molecule has 1 fully saturated rings. The smallest absolute Gasteiger partial charge is 0.259 e. The van der Waals surface area contributed by atoms with Crippen molar-refractivity contribution < 1.29 is 19.4 Å². The van der Waals surface area contributed by atoms with Crippen molar-refractivity contribution in [2.24, 2.45) is 17.8 Å². The molecule has 2 aliphatic rings. The van der Waals surface area contributed by atoms with E-state index in [0.29, 0.717) is 24.2 Å². The third-order valence-corrected chi connectivity index (χ3v) is 6.31. The molecule has 3 atom stereocenters. The summed E-state index contributed by atoms with van der Waals surface area (Å²) in [6.45, 7) is 8.52. The maximum Gasteiger partial charge on any atom is 0.259 e. The summed E-state index contributed by atoms with van der Waals surface area (Å²) in [5, 5.41) is 9.76. The average Bonchev–Trinajstić information content (AvgIpc) is 2.72. The average molecular weight is 442 g/mol. The fourth-order valence-electron chi connectivity index (χ4n) is 3.94. The van der Waals surface area contributed by atoms with Crippen molar-refractivity contribution >= 4 is 11.8 Å². The zero-order valence-corrected chi connectivity index (χ0v) is 19.8. The number of nitrogens with zero attached hydrogens (tertiary/aromatic N) is 3. The molecule has 7 nitrogen and oxygen atoms in total. The van der Waals surface area contributed by atoms with Gasteiger partial charge in [-0.1, -0.05) is 39.0 Å². The number of carbonyl (C=O) groups excluding carboxylic acids is 2. The summed E-state index contributed by atoms with van der Waals surface area (Å²) in [6.07, 6.45) is 4.30. The van der Waals surface area contributed by atoms with E-state index in [0.717, 1.165) is 19.3 Å². The van der Waals surface area contributed by atoms with Crippen LogP contribution in [0.1, 0.15) is 62.9 Å². The Morgan fingerprint density at radius 3 is 2.69 bits per heavy atom. The lowest BCUT2D eigenvalue weighted by Crippen LogP contribution is -2.51. The molecule has 7 heteroatoms. The van der Waals surface area contributed by atoms with Crippen LogP contribution in [0.25, 0.3) is 0 Å². The molecule has 1 aliphatic heterocycles. The van der Waals surface area contributed by atoms with Crippen LogP contribution in [0.4, 0.5) is 0 Å². The number of aliphatic hydroxyl groups is 1. The second kappa shape index (κ2) is 10.4. The first-order valence-electron chi connectivity index (χ1n) is 11.6. The quantitative estimate of drug-likeness (QED) is 0.710. The van der Waals surface area contributed by atoms with E-state index in [9.17, 15) is 14.7 Å². The highest BCUT2D eigenvalue weighted by Crippen LogP contribution is 2.30. The van der Waals surface area contributed by atoms with Gasteiger partial charge in [0.25, 0.3) is 5.91 Å². The largest absolute Gasteiger partial charge is 0.472 e. The molecule has 0 unspecified atom stereocenters. The lowest BCUT2D eigenvalue weighted by atomic mass is 9.84. The number of likely N-dealkylation sites (N-methyl/N-ethyl adjacent to an activating group) is 1. The van der Waals surface area contributed by atoms with Crippen LogP contribution < -0.4 is 4.74 Å². The van der Waals surface area contributed by atoms with Crippen molar-refractivity contribution in [3.8, 4) is 17.7 Å². The summed E-state index contributed by atoms with van der Waals surface area (Å²) in [4.78, 5) is 33.9. The fraction of sp³-hybridized carbons (Fsp3) is 0.640.